The van der Waals surface area contributed by atoms with Gasteiger partial charge in [-0.05, 0) is 49.1 Å². The van der Waals surface area contributed by atoms with Crippen molar-refractivity contribution < 1.29 is 9.18 Å². The van der Waals surface area contributed by atoms with E-state index in [4.69, 9.17) is 17.3 Å². The van der Waals surface area contributed by atoms with Gasteiger partial charge in [-0.25, -0.2) is 4.39 Å². The molecular formula is C19H19Cl2FN2O. The third-order valence-electron chi connectivity index (χ3n) is 5.03. The Morgan fingerprint density at radius 2 is 2.00 bits per heavy atom. The summed E-state index contributed by atoms with van der Waals surface area (Å²) in [5, 5.41) is 0.401. The molecule has 2 aromatic carbocycles. The zero-order valence-electron chi connectivity index (χ0n) is 13.5. The lowest BCUT2D eigenvalue weighted by atomic mass is 9.99. The van der Waals surface area contributed by atoms with Crippen LogP contribution in [0.5, 0.6) is 0 Å². The number of rotatable bonds is 2. The number of nitrogens with two attached hydrogens (primary N) is 1. The fourth-order valence-corrected chi connectivity index (χ4v) is 4.04. The molecule has 0 saturated heterocycles. The lowest BCUT2D eigenvalue weighted by Crippen LogP contribution is -2.37. The number of nitrogen functional groups attached to an aromatic ring is 1. The van der Waals surface area contributed by atoms with Gasteiger partial charge < -0.3 is 10.6 Å². The molecule has 1 aliphatic heterocycles. The standard InChI is InChI=1S/C19H18ClFN2O.ClH/c20-14-5-1-6-15(21)18(14)12-10-13(12)19(24)23-9-3-4-11-16(22)7-2-8-17(11)23;/h1-2,5-8,12-13H,3-4,9-10,22H2;1H. The van der Waals surface area contributed by atoms with E-state index >= 15 is 0 Å². The predicted octanol–water partition coefficient (Wildman–Crippen LogP) is 4.57. The van der Waals surface area contributed by atoms with E-state index < -0.39 is 0 Å². The third kappa shape index (κ3) is 3.09. The van der Waals surface area contributed by atoms with Gasteiger partial charge in [-0.1, -0.05) is 23.7 Å². The van der Waals surface area contributed by atoms with E-state index in [2.05, 4.69) is 0 Å². The molecule has 2 aliphatic rings. The van der Waals surface area contributed by atoms with Crippen LogP contribution in [0.15, 0.2) is 36.4 Å². The van der Waals surface area contributed by atoms with Crippen LogP contribution in [-0.4, -0.2) is 12.5 Å². The Hall–Kier alpha value is -1.78. The third-order valence-corrected chi connectivity index (χ3v) is 5.36. The molecule has 1 amide bonds. The number of benzene rings is 2. The monoisotopic (exact) mass is 380 g/mol. The van der Waals surface area contributed by atoms with Gasteiger partial charge >= 0.3 is 0 Å². The molecule has 1 fully saturated rings. The van der Waals surface area contributed by atoms with Crippen molar-refractivity contribution in [3.05, 3.63) is 58.4 Å². The van der Waals surface area contributed by atoms with Crippen LogP contribution in [0, 0.1) is 11.7 Å². The van der Waals surface area contributed by atoms with E-state index in [1.165, 1.54) is 6.07 Å². The Balaban J connectivity index is 0.00000182. The molecule has 132 valence electrons. The quantitative estimate of drug-likeness (QED) is 0.775. The van der Waals surface area contributed by atoms with Gasteiger partial charge in [0.15, 0.2) is 0 Å². The van der Waals surface area contributed by atoms with Crippen LogP contribution in [0.4, 0.5) is 15.8 Å². The van der Waals surface area contributed by atoms with E-state index in [0.717, 1.165) is 29.8 Å². The molecule has 0 aromatic heterocycles. The molecule has 1 heterocycles. The summed E-state index contributed by atoms with van der Waals surface area (Å²) in [7, 11) is 0. The minimum atomic E-state index is -0.328. The number of hydrogen-bond acceptors (Lipinski definition) is 2. The van der Waals surface area contributed by atoms with Crippen LogP contribution in [-0.2, 0) is 11.2 Å². The predicted molar refractivity (Wildman–Crippen MR) is 101 cm³/mol. The maximum absolute atomic E-state index is 14.1. The summed E-state index contributed by atoms with van der Waals surface area (Å²) < 4.78 is 14.1. The first kappa shape index (κ1) is 18.0. The maximum Gasteiger partial charge on any atom is 0.230 e. The van der Waals surface area contributed by atoms with E-state index in [1.54, 1.807) is 12.1 Å². The van der Waals surface area contributed by atoms with Crippen molar-refractivity contribution in [1.29, 1.82) is 0 Å². The van der Waals surface area contributed by atoms with Gasteiger partial charge in [-0.15, -0.1) is 12.4 Å². The van der Waals surface area contributed by atoms with Crippen LogP contribution in [0.3, 0.4) is 0 Å². The highest BCUT2D eigenvalue weighted by atomic mass is 35.5. The Morgan fingerprint density at radius 3 is 2.76 bits per heavy atom. The van der Waals surface area contributed by atoms with Gasteiger partial charge in [0.1, 0.15) is 5.82 Å². The van der Waals surface area contributed by atoms with Crippen LogP contribution >= 0.6 is 24.0 Å². The summed E-state index contributed by atoms with van der Waals surface area (Å²) in [5.41, 5.74) is 9.19. The minimum absolute atomic E-state index is 0. The lowest BCUT2D eigenvalue weighted by molar-refractivity contribution is -0.120. The largest absolute Gasteiger partial charge is 0.398 e. The smallest absolute Gasteiger partial charge is 0.230 e. The van der Waals surface area contributed by atoms with Crippen LogP contribution in [0.2, 0.25) is 5.02 Å². The Bertz CT molecular complexity index is 807. The second kappa shape index (κ2) is 6.85. The van der Waals surface area contributed by atoms with Crippen LogP contribution in [0.1, 0.15) is 29.9 Å². The van der Waals surface area contributed by atoms with E-state index in [0.29, 0.717) is 23.6 Å². The zero-order chi connectivity index (χ0) is 16.8. The van der Waals surface area contributed by atoms with Crippen molar-refractivity contribution in [3.8, 4) is 0 Å². The van der Waals surface area contributed by atoms with Gasteiger partial charge in [0.2, 0.25) is 5.91 Å². The molecule has 1 aliphatic carbocycles. The first-order valence-electron chi connectivity index (χ1n) is 8.20. The summed E-state index contributed by atoms with van der Waals surface area (Å²) in [6, 6.07) is 10.3. The van der Waals surface area contributed by atoms with Crippen molar-refractivity contribution in [3.63, 3.8) is 0 Å². The summed E-state index contributed by atoms with van der Waals surface area (Å²) in [6.07, 6.45) is 2.43. The summed E-state index contributed by atoms with van der Waals surface area (Å²) in [5.74, 6) is -0.610. The highest BCUT2D eigenvalue weighted by Gasteiger charge is 2.48. The topological polar surface area (TPSA) is 46.3 Å². The van der Waals surface area contributed by atoms with Gasteiger partial charge in [-0.2, -0.15) is 0 Å². The Labute approximate surface area is 157 Å². The second-order valence-electron chi connectivity index (χ2n) is 6.52. The first-order valence-corrected chi connectivity index (χ1v) is 8.58. The molecule has 2 N–H and O–H groups in total. The maximum atomic E-state index is 14.1. The molecular weight excluding hydrogens is 362 g/mol. The SMILES string of the molecule is Cl.Nc1cccc2c1CCCN2C(=O)C1CC1c1c(F)cccc1Cl. The van der Waals surface area contributed by atoms with E-state index in [-0.39, 0.29) is 36.0 Å². The number of anilines is 2. The van der Waals surface area contributed by atoms with Crippen LogP contribution in [0.25, 0.3) is 0 Å². The molecule has 3 nitrogen and oxygen atoms in total. The molecule has 1 saturated carbocycles. The fourth-order valence-electron chi connectivity index (χ4n) is 3.73. The molecule has 0 bridgehead atoms. The highest BCUT2D eigenvalue weighted by Crippen LogP contribution is 2.52. The molecule has 2 aromatic rings. The number of halogens is 3. The van der Waals surface area contributed by atoms with Crippen molar-refractivity contribution >= 4 is 41.3 Å². The molecule has 2 atom stereocenters. The molecule has 0 radical (unpaired) electrons. The number of fused-ring (bicyclic) bond motifs is 1. The number of carbonyl (C=O) groups excluding carboxylic acids is 1. The summed E-state index contributed by atoms with van der Waals surface area (Å²) in [6.45, 7) is 0.684. The average Bonchev–Trinajstić information content (AvgIpc) is 3.34. The highest BCUT2D eigenvalue weighted by molar-refractivity contribution is 6.31. The van der Waals surface area contributed by atoms with E-state index in [9.17, 15) is 9.18 Å². The number of nitrogens with zero attached hydrogens (tertiary/aromatic N) is 1. The summed E-state index contributed by atoms with van der Waals surface area (Å²) in [4.78, 5) is 14.8. The zero-order valence-corrected chi connectivity index (χ0v) is 15.1. The average molecular weight is 381 g/mol. The minimum Gasteiger partial charge on any atom is -0.398 e. The Morgan fingerprint density at radius 1 is 1.24 bits per heavy atom. The molecule has 6 heteroatoms. The van der Waals surface area contributed by atoms with Crippen molar-refractivity contribution in [2.75, 3.05) is 17.2 Å². The molecule has 2 unspecified atom stereocenters. The number of amides is 1. The Kier molecular flexibility index (Phi) is 4.94. The lowest BCUT2D eigenvalue weighted by Gasteiger charge is -2.30. The second-order valence-corrected chi connectivity index (χ2v) is 6.93. The fraction of sp³-hybridized carbons (Fsp3) is 0.316. The number of carbonyl (C=O) groups is 1. The van der Waals surface area contributed by atoms with Gasteiger partial charge in [0.05, 0.1) is 0 Å². The molecule has 4 rings (SSSR count). The normalized spacial score (nSPS) is 21.3. The van der Waals surface area contributed by atoms with Crippen molar-refractivity contribution in [2.45, 2.75) is 25.2 Å². The van der Waals surface area contributed by atoms with Crippen molar-refractivity contribution in [2.24, 2.45) is 5.92 Å². The van der Waals surface area contributed by atoms with Gasteiger partial charge in [-0.3, -0.25) is 4.79 Å². The molecule has 0 spiro atoms. The van der Waals surface area contributed by atoms with Gasteiger partial charge in [0, 0.05) is 40.3 Å². The first-order chi connectivity index (χ1) is 11.6. The molecule has 25 heavy (non-hydrogen) atoms. The summed E-state index contributed by atoms with van der Waals surface area (Å²) >= 11 is 6.14. The number of hydrogen-bond donors (Lipinski definition) is 1. The van der Waals surface area contributed by atoms with Crippen molar-refractivity contribution in [1.82, 2.24) is 0 Å². The van der Waals surface area contributed by atoms with Crippen LogP contribution < -0.4 is 10.6 Å². The van der Waals surface area contributed by atoms with E-state index in [1.807, 2.05) is 23.1 Å². The van der Waals surface area contributed by atoms with Gasteiger partial charge in [0.25, 0.3) is 0 Å².